The molecule has 0 radical (unpaired) electrons. The van der Waals surface area contributed by atoms with Gasteiger partial charge in [-0.1, -0.05) is 0 Å². The van der Waals surface area contributed by atoms with Gasteiger partial charge in [0.2, 0.25) is 0 Å². The first-order valence-corrected chi connectivity index (χ1v) is 5.13. The molecule has 0 aromatic carbocycles. The number of carbonyl (C=O) groups is 3. The molecule has 10 nitrogen and oxygen atoms in total. The fourth-order valence-electron chi connectivity index (χ4n) is 1.55. The van der Waals surface area contributed by atoms with Crippen LogP contribution in [-0.4, -0.2) is 36.3 Å². The molecule has 0 bridgehead atoms. The van der Waals surface area contributed by atoms with E-state index in [0.29, 0.717) is 0 Å². The Labute approximate surface area is 98.1 Å². The Morgan fingerprint density at radius 3 is 1.89 bits per heavy atom. The van der Waals surface area contributed by atoms with E-state index in [0.717, 1.165) is 0 Å². The van der Waals surface area contributed by atoms with Crippen LogP contribution in [0.3, 0.4) is 0 Å². The van der Waals surface area contributed by atoms with Gasteiger partial charge in [0.15, 0.2) is 0 Å². The Bertz CT molecular complexity index is 550. The normalized spacial score (nSPS) is 26.1. The van der Waals surface area contributed by atoms with E-state index in [1.54, 1.807) is 0 Å². The molecule has 3 fully saturated rings. The number of hydrogen-bond acceptors (Lipinski definition) is 10. The number of carbonyl (C=O) groups excluding carboxylic acids is 3. The number of rotatable bonds is 2. The van der Waals surface area contributed by atoms with Gasteiger partial charge >= 0.3 is 97.2 Å². The third-order valence-corrected chi connectivity index (χ3v) is 2.68. The molecule has 3 rings (SSSR count). The molecule has 3 saturated heterocycles. The summed E-state index contributed by atoms with van der Waals surface area (Å²) < 4.78 is 37.9. The summed E-state index contributed by atoms with van der Waals surface area (Å²) in [5, 5.41) is 0. The van der Waals surface area contributed by atoms with Gasteiger partial charge in [-0.2, -0.15) is 0 Å². The molecule has 3 heterocycles. The van der Waals surface area contributed by atoms with E-state index in [4.69, 9.17) is 0 Å². The van der Waals surface area contributed by atoms with Gasteiger partial charge in [0.05, 0.1) is 0 Å². The molecule has 0 amide bonds. The van der Waals surface area contributed by atoms with Crippen molar-refractivity contribution in [2.45, 2.75) is 17.9 Å². The molecule has 0 N–H and O–H groups in total. The summed E-state index contributed by atoms with van der Waals surface area (Å²) >= 11 is 0. The second-order valence-electron chi connectivity index (χ2n) is 3.21. The predicted molar refractivity (Wildman–Crippen MR) is 43.4 cm³/mol. The maximum absolute atomic E-state index is 10.8. The summed E-state index contributed by atoms with van der Waals surface area (Å²) in [7, 11) is -0.725. The van der Waals surface area contributed by atoms with Crippen LogP contribution in [0, 0.1) is 5.63 Å². The van der Waals surface area contributed by atoms with Crippen molar-refractivity contribution in [1.82, 2.24) is 0 Å². The Morgan fingerprint density at radius 1 is 0.944 bits per heavy atom. The predicted octanol–water partition coefficient (Wildman–Crippen LogP) is 0.456. The molecule has 0 aromatic rings. The van der Waals surface area contributed by atoms with Crippen molar-refractivity contribution in [1.29, 1.82) is 0 Å². The molecular weight excluding hydrogens is 275 g/mol. The van der Waals surface area contributed by atoms with E-state index in [-0.39, 0.29) is 0 Å². The van der Waals surface area contributed by atoms with Crippen molar-refractivity contribution < 1.29 is 47.4 Å². The van der Waals surface area contributed by atoms with Gasteiger partial charge in [-0.25, -0.2) is 0 Å². The topological polar surface area (TPSA) is 124 Å². The molecule has 0 unspecified atom stereocenters. The van der Waals surface area contributed by atoms with Crippen molar-refractivity contribution in [3.8, 4) is 5.63 Å². The zero-order chi connectivity index (χ0) is 13.0. The zero-order valence-corrected chi connectivity index (χ0v) is 9.00. The Balaban J connectivity index is 1.95. The van der Waals surface area contributed by atoms with E-state index in [1.165, 1.54) is 0 Å². The molecule has 11 heteroatoms. The van der Waals surface area contributed by atoms with Crippen LogP contribution >= 0.6 is 7.92 Å². The van der Waals surface area contributed by atoms with E-state index in [1.807, 2.05) is 5.63 Å². The van der Waals surface area contributed by atoms with Crippen molar-refractivity contribution in [2.24, 2.45) is 0 Å². The summed E-state index contributed by atoms with van der Waals surface area (Å²) in [6.07, 6.45) is -4.85. The van der Waals surface area contributed by atoms with E-state index in [9.17, 15) is 18.9 Å². The first kappa shape index (κ1) is 10.9. The molecule has 3 aliphatic rings. The van der Waals surface area contributed by atoms with E-state index < -0.39 is 44.2 Å². The monoisotopic (exact) mass is 276 g/mol. The standard InChI is InChI=1S/C7HO10P/c8-3-12-2(13-3)7(16-5(10)17-7)6(1-18-11)14-4(9)15-6/h2H. The zero-order valence-electron chi connectivity index (χ0n) is 8.11. The van der Waals surface area contributed by atoms with Crippen LogP contribution in [0.15, 0.2) is 0 Å². The second kappa shape index (κ2) is 3.18. The second-order valence-corrected chi connectivity index (χ2v) is 3.62. The molecule has 0 aliphatic carbocycles. The Kier molecular flexibility index (Phi) is 1.93. The van der Waals surface area contributed by atoms with Crippen molar-refractivity contribution in [3.05, 3.63) is 0 Å². The van der Waals surface area contributed by atoms with Crippen LogP contribution in [0.25, 0.3) is 0 Å². The van der Waals surface area contributed by atoms with Gasteiger partial charge < -0.3 is 0 Å². The molecule has 0 spiro atoms. The minimum atomic E-state index is -2.22. The van der Waals surface area contributed by atoms with Crippen molar-refractivity contribution in [3.63, 3.8) is 0 Å². The van der Waals surface area contributed by atoms with E-state index >= 15 is 0 Å². The summed E-state index contributed by atoms with van der Waals surface area (Å²) in [5.41, 5.74) is 2.03. The van der Waals surface area contributed by atoms with Crippen LogP contribution in [0.1, 0.15) is 0 Å². The molecule has 3 aliphatic heterocycles. The van der Waals surface area contributed by atoms with Crippen LogP contribution in [0.2, 0.25) is 0 Å². The van der Waals surface area contributed by atoms with Crippen molar-refractivity contribution >= 4 is 26.4 Å². The Hall–Kier alpha value is -2.18. The molecule has 0 atom stereocenters. The minimum absolute atomic E-state index is 0.725. The van der Waals surface area contributed by atoms with Crippen LogP contribution in [-0.2, 0) is 33.0 Å². The fourth-order valence-corrected chi connectivity index (χ4v) is 1.92. The van der Waals surface area contributed by atoms with Crippen molar-refractivity contribution in [2.75, 3.05) is 0 Å². The third-order valence-electron chi connectivity index (χ3n) is 2.29. The molecule has 0 aromatic heterocycles. The average Bonchev–Trinajstić information content (AvgIpc) is 2.18. The van der Waals surface area contributed by atoms with Crippen LogP contribution < -0.4 is 0 Å². The van der Waals surface area contributed by atoms with Gasteiger partial charge in [-0.15, -0.1) is 0 Å². The quantitative estimate of drug-likeness (QED) is 0.399. The first-order valence-electron chi connectivity index (χ1n) is 4.32. The van der Waals surface area contributed by atoms with Gasteiger partial charge in [0.1, 0.15) is 0 Å². The third kappa shape index (κ3) is 1.13. The Morgan fingerprint density at radius 2 is 1.50 bits per heavy atom. The molecule has 94 valence electrons. The van der Waals surface area contributed by atoms with Gasteiger partial charge in [-0.05, 0) is 0 Å². The average molecular weight is 276 g/mol. The maximum atomic E-state index is 10.8. The molecular formula is C7HO10P. The van der Waals surface area contributed by atoms with Gasteiger partial charge in [-0.3, -0.25) is 0 Å². The van der Waals surface area contributed by atoms with Crippen LogP contribution in [0.4, 0.5) is 14.4 Å². The summed E-state index contributed by atoms with van der Waals surface area (Å²) in [6, 6.07) is 0. The van der Waals surface area contributed by atoms with Crippen LogP contribution in [0.5, 0.6) is 0 Å². The first-order chi connectivity index (χ1) is 8.51. The SMILES string of the molecule is O=P#CC1(C2(C3OC(=O)O3)OC(=O)O2)OC(=O)O1. The van der Waals surface area contributed by atoms with E-state index in [2.05, 4.69) is 28.4 Å². The van der Waals surface area contributed by atoms with Gasteiger partial charge in [0.25, 0.3) is 0 Å². The summed E-state index contributed by atoms with van der Waals surface area (Å²) in [5.74, 6) is -4.42. The molecule has 18 heavy (non-hydrogen) atoms. The summed E-state index contributed by atoms with van der Waals surface area (Å²) in [6.45, 7) is 0. The van der Waals surface area contributed by atoms with Gasteiger partial charge in [0, 0.05) is 0 Å². The molecule has 0 saturated carbocycles. The number of cyclic esters (lactones) is 6. The number of ether oxygens (including phenoxy) is 6. The number of hydrogen-bond donors (Lipinski definition) is 0. The fraction of sp³-hybridized carbons (Fsp3) is 0.429. The summed E-state index contributed by atoms with van der Waals surface area (Å²) in [4.78, 5) is 32.0.